The summed E-state index contributed by atoms with van der Waals surface area (Å²) in [4.78, 5) is 0. The van der Waals surface area contributed by atoms with Crippen molar-refractivity contribution >= 4 is 11.4 Å². The number of nitrogen functional groups attached to an aromatic ring is 2. The summed E-state index contributed by atoms with van der Waals surface area (Å²) in [6.07, 6.45) is 23.8. The number of benzene rings is 1. The molecule has 162 valence electrons. The number of rotatable bonds is 18. The quantitative estimate of drug-likeness (QED) is 0.196. The third kappa shape index (κ3) is 11.0. The van der Waals surface area contributed by atoms with Crippen LogP contribution in [0.4, 0.5) is 11.4 Å². The summed E-state index contributed by atoms with van der Waals surface area (Å²) in [6, 6.07) is 4.46. The molecule has 0 aliphatic carbocycles. The molecule has 2 heteroatoms. The topological polar surface area (TPSA) is 52.0 Å². The molecule has 0 radical (unpaired) electrons. The second kappa shape index (κ2) is 16.7. The smallest absolute Gasteiger partial charge is 0.0583 e. The van der Waals surface area contributed by atoms with E-state index in [0.29, 0.717) is 0 Å². The van der Waals surface area contributed by atoms with Gasteiger partial charge >= 0.3 is 0 Å². The SMILES string of the molecule is CCCCCCCCCCc1ccc(CCCCCCCCCC)c(N)c1N. The number of aryl methyl sites for hydroxylation is 2. The summed E-state index contributed by atoms with van der Waals surface area (Å²) in [5, 5.41) is 0. The van der Waals surface area contributed by atoms with Gasteiger partial charge in [-0.2, -0.15) is 0 Å². The van der Waals surface area contributed by atoms with Crippen molar-refractivity contribution < 1.29 is 0 Å². The Balaban J connectivity index is 2.21. The van der Waals surface area contributed by atoms with Crippen LogP contribution < -0.4 is 11.5 Å². The zero-order valence-electron chi connectivity index (χ0n) is 19.0. The van der Waals surface area contributed by atoms with Crippen molar-refractivity contribution in [2.24, 2.45) is 0 Å². The molecule has 0 saturated heterocycles. The molecule has 0 fully saturated rings. The lowest BCUT2D eigenvalue weighted by molar-refractivity contribution is 0.575. The maximum atomic E-state index is 6.35. The van der Waals surface area contributed by atoms with Crippen molar-refractivity contribution in [3.05, 3.63) is 23.3 Å². The molecule has 28 heavy (non-hydrogen) atoms. The van der Waals surface area contributed by atoms with Gasteiger partial charge in [0.25, 0.3) is 0 Å². The van der Waals surface area contributed by atoms with Gasteiger partial charge < -0.3 is 11.5 Å². The van der Waals surface area contributed by atoms with E-state index < -0.39 is 0 Å². The van der Waals surface area contributed by atoms with Gasteiger partial charge in [-0.05, 0) is 36.8 Å². The van der Waals surface area contributed by atoms with Gasteiger partial charge in [0.15, 0.2) is 0 Å². The number of unbranched alkanes of at least 4 members (excludes halogenated alkanes) is 14. The van der Waals surface area contributed by atoms with E-state index in [1.165, 1.54) is 114 Å². The summed E-state index contributed by atoms with van der Waals surface area (Å²) in [5.41, 5.74) is 16.9. The molecule has 1 aromatic carbocycles. The Morgan fingerprint density at radius 1 is 0.464 bits per heavy atom. The van der Waals surface area contributed by atoms with Crippen molar-refractivity contribution in [1.29, 1.82) is 0 Å². The maximum absolute atomic E-state index is 6.35. The normalized spacial score (nSPS) is 11.2. The molecule has 0 aliphatic rings. The van der Waals surface area contributed by atoms with Gasteiger partial charge in [0.2, 0.25) is 0 Å². The van der Waals surface area contributed by atoms with Crippen molar-refractivity contribution in [3.8, 4) is 0 Å². The van der Waals surface area contributed by atoms with Crippen LogP contribution in [-0.4, -0.2) is 0 Å². The van der Waals surface area contributed by atoms with Crippen LogP contribution in [0.2, 0.25) is 0 Å². The van der Waals surface area contributed by atoms with Crippen LogP contribution in [0.25, 0.3) is 0 Å². The zero-order chi connectivity index (χ0) is 20.5. The van der Waals surface area contributed by atoms with Gasteiger partial charge in [-0.1, -0.05) is 116 Å². The highest BCUT2D eigenvalue weighted by molar-refractivity contribution is 5.71. The number of nitrogens with two attached hydrogens (primary N) is 2. The van der Waals surface area contributed by atoms with E-state index in [2.05, 4.69) is 26.0 Å². The molecule has 2 nitrogen and oxygen atoms in total. The van der Waals surface area contributed by atoms with Gasteiger partial charge in [-0.15, -0.1) is 0 Å². The van der Waals surface area contributed by atoms with E-state index in [9.17, 15) is 0 Å². The number of hydrogen-bond acceptors (Lipinski definition) is 2. The second-order valence-electron chi connectivity index (χ2n) is 8.66. The third-order valence-electron chi connectivity index (χ3n) is 6.07. The predicted octanol–water partition coefficient (Wildman–Crippen LogP) is 8.22. The monoisotopic (exact) mass is 388 g/mol. The van der Waals surface area contributed by atoms with E-state index in [1.807, 2.05) is 0 Å². The fourth-order valence-corrected chi connectivity index (χ4v) is 4.06. The Hall–Kier alpha value is -1.18. The Morgan fingerprint density at radius 2 is 0.750 bits per heavy atom. The Kier molecular flexibility index (Phi) is 14.9. The second-order valence-corrected chi connectivity index (χ2v) is 8.66. The molecular weight excluding hydrogens is 340 g/mol. The van der Waals surface area contributed by atoms with E-state index in [0.717, 1.165) is 24.2 Å². The van der Waals surface area contributed by atoms with E-state index in [1.54, 1.807) is 0 Å². The van der Waals surface area contributed by atoms with Crippen molar-refractivity contribution in [3.63, 3.8) is 0 Å². The van der Waals surface area contributed by atoms with Crippen LogP contribution in [0.1, 0.15) is 128 Å². The highest BCUT2D eigenvalue weighted by Crippen LogP contribution is 2.27. The van der Waals surface area contributed by atoms with Crippen LogP contribution in [0, 0.1) is 0 Å². The summed E-state index contributed by atoms with van der Waals surface area (Å²) in [5.74, 6) is 0. The molecule has 0 bridgehead atoms. The molecule has 0 aliphatic heterocycles. The fourth-order valence-electron chi connectivity index (χ4n) is 4.06. The first-order chi connectivity index (χ1) is 13.7. The third-order valence-corrected chi connectivity index (χ3v) is 6.07. The van der Waals surface area contributed by atoms with Crippen LogP contribution in [0.5, 0.6) is 0 Å². The minimum absolute atomic E-state index is 0.847. The lowest BCUT2D eigenvalue weighted by Gasteiger charge is -2.13. The molecule has 0 heterocycles. The van der Waals surface area contributed by atoms with E-state index in [-0.39, 0.29) is 0 Å². The first-order valence-electron chi connectivity index (χ1n) is 12.4. The number of anilines is 2. The minimum Gasteiger partial charge on any atom is -0.397 e. The van der Waals surface area contributed by atoms with Gasteiger partial charge in [0, 0.05) is 0 Å². The van der Waals surface area contributed by atoms with E-state index >= 15 is 0 Å². The van der Waals surface area contributed by atoms with Gasteiger partial charge in [0.05, 0.1) is 11.4 Å². The largest absolute Gasteiger partial charge is 0.397 e. The highest BCUT2D eigenvalue weighted by atomic mass is 14.7. The Morgan fingerprint density at radius 3 is 1.07 bits per heavy atom. The van der Waals surface area contributed by atoms with Crippen molar-refractivity contribution in [2.45, 2.75) is 129 Å². The highest BCUT2D eigenvalue weighted by Gasteiger charge is 2.08. The molecule has 0 unspecified atom stereocenters. The molecule has 1 aromatic rings. The zero-order valence-corrected chi connectivity index (χ0v) is 19.0. The Bertz CT molecular complexity index is 450. The average Bonchev–Trinajstić information content (AvgIpc) is 2.70. The molecule has 0 aromatic heterocycles. The van der Waals surface area contributed by atoms with Crippen LogP contribution in [0.15, 0.2) is 12.1 Å². The number of hydrogen-bond donors (Lipinski definition) is 2. The van der Waals surface area contributed by atoms with Crippen molar-refractivity contribution in [2.75, 3.05) is 11.5 Å². The van der Waals surface area contributed by atoms with Gasteiger partial charge in [-0.25, -0.2) is 0 Å². The lowest BCUT2D eigenvalue weighted by Crippen LogP contribution is -2.04. The van der Waals surface area contributed by atoms with Crippen molar-refractivity contribution in [1.82, 2.24) is 0 Å². The summed E-state index contributed by atoms with van der Waals surface area (Å²) < 4.78 is 0. The molecular formula is C26H48N2. The predicted molar refractivity (Wildman–Crippen MR) is 128 cm³/mol. The minimum atomic E-state index is 0.847. The summed E-state index contributed by atoms with van der Waals surface area (Å²) in [6.45, 7) is 4.55. The first kappa shape index (κ1) is 24.9. The molecule has 0 saturated carbocycles. The summed E-state index contributed by atoms with van der Waals surface area (Å²) in [7, 11) is 0. The molecule has 1 rings (SSSR count). The Labute approximate surface area is 175 Å². The summed E-state index contributed by atoms with van der Waals surface area (Å²) >= 11 is 0. The van der Waals surface area contributed by atoms with Crippen LogP contribution >= 0.6 is 0 Å². The molecule has 0 spiro atoms. The maximum Gasteiger partial charge on any atom is 0.0583 e. The fraction of sp³-hybridized carbons (Fsp3) is 0.769. The average molecular weight is 389 g/mol. The molecule has 0 atom stereocenters. The first-order valence-corrected chi connectivity index (χ1v) is 12.4. The van der Waals surface area contributed by atoms with Crippen LogP contribution in [-0.2, 0) is 12.8 Å². The lowest BCUT2D eigenvalue weighted by atomic mass is 9.97. The van der Waals surface area contributed by atoms with E-state index in [4.69, 9.17) is 11.5 Å². The standard InChI is InChI=1S/C26H48N2/c1-3-5-7-9-11-13-15-17-19-23-21-22-24(26(28)25(23)27)20-18-16-14-12-10-8-6-4-2/h21-22H,3-20,27-28H2,1-2H3. The van der Waals surface area contributed by atoms with Gasteiger partial charge in [-0.3, -0.25) is 0 Å². The molecule has 4 N–H and O–H groups in total. The molecule has 0 amide bonds. The van der Waals surface area contributed by atoms with Gasteiger partial charge in [0.1, 0.15) is 0 Å². The van der Waals surface area contributed by atoms with Crippen LogP contribution in [0.3, 0.4) is 0 Å².